The van der Waals surface area contributed by atoms with E-state index in [0.29, 0.717) is 6.08 Å². The van der Waals surface area contributed by atoms with Crippen molar-refractivity contribution in [2.75, 3.05) is 59.5 Å². The Morgan fingerprint density at radius 3 is 1.44 bits per heavy atom. The first-order valence-electron chi connectivity index (χ1n) is 24.8. The van der Waals surface area contributed by atoms with Crippen LogP contribution in [0.3, 0.4) is 0 Å². The van der Waals surface area contributed by atoms with Gasteiger partial charge in [0.05, 0.1) is 83.4 Å². The van der Waals surface area contributed by atoms with Crippen LogP contribution < -0.4 is 0 Å². The lowest BCUT2D eigenvalue weighted by Crippen LogP contribution is -2.59. The minimum Gasteiger partial charge on any atom is -0.488 e. The highest BCUT2D eigenvalue weighted by Gasteiger charge is 2.52. The number of carboxylic acid groups (broad SMARTS) is 2. The monoisotopic (exact) mass is 1220 g/mol. The van der Waals surface area contributed by atoms with E-state index in [2.05, 4.69) is 8.37 Å². The van der Waals surface area contributed by atoms with E-state index in [-0.39, 0.29) is 0 Å². The largest absolute Gasteiger partial charge is 0.488 e. The van der Waals surface area contributed by atoms with Crippen LogP contribution in [0.5, 0.6) is 0 Å². The lowest BCUT2D eigenvalue weighted by Gasteiger charge is -2.46. The normalized spacial score (nSPS) is 42.6. The topological polar surface area (TPSA) is 566 Å². The Bertz CT molecular complexity index is 2380. The van der Waals surface area contributed by atoms with E-state index < -0.39 is 268 Å². The zero-order valence-electron chi connectivity index (χ0n) is 42.6. The van der Waals surface area contributed by atoms with E-state index in [4.69, 9.17) is 52.1 Å². The number of aliphatic hydroxyl groups is 13. The standard InChI is InChI=1S/C43H68O36S2/c1-13-26(47)35(78-80(61,62)63)31(52)24(72-13)10-67-6-16-15(8-70-42-30(51)19(46)3-20(76-42)39(56)57)23(74-21(4-44)28(16)49)12-69-37-33(54)34(55)43(77-38(37)40(58)59)71-9-18-17(29(50)22(5-45)75-41(18)60)7-68-11-25-32(53)36(79-81(64,65)66)27(48)14(2)73-25/h3,13-19,21-36,41-55,60H,4-12H2,1-2H3,(H,56,57)(H,58,59)(H,61,62,63)(H,64,65,66)/t13?,14?,15-,16?,17?,18-,19?,21?,22?,23-,24+,25+,26-,27-,28+,29+,30+,31+,32+,33?,34+,35?,36?,41?,42-,43-/m1/s1. The van der Waals surface area contributed by atoms with Gasteiger partial charge < -0.3 is 129 Å². The van der Waals surface area contributed by atoms with Crippen LogP contribution in [-0.4, -0.2) is 309 Å². The summed E-state index contributed by atoms with van der Waals surface area (Å²) < 4.78 is 135. The van der Waals surface area contributed by atoms with Gasteiger partial charge in [-0.05, 0) is 19.9 Å². The fraction of sp³-hybridized carbons (Fsp3) is 0.860. The van der Waals surface area contributed by atoms with Crippen LogP contribution >= 0.6 is 0 Å². The Morgan fingerprint density at radius 2 is 0.975 bits per heavy atom. The second-order valence-corrected chi connectivity index (χ2v) is 21.9. The first-order valence-corrected chi connectivity index (χ1v) is 27.5. The third-order valence-corrected chi connectivity index (χ3v) is 15.3. The van der Waals surface area contributed by atoms with Crippen LogP contribution in [0, 0.1) is 23.7 Å². The zero-order valence-corrected chi connectivity index (χ0v) is 44.3. The second-order valence-electron chi connectivity index (χ2n) is 19.8. The number of ether oxygens (including phenoxy) is 11. The van der Waals surface area contributed by atoms with Gasteiger partial charge in [0.1, 0.15) is 92.1 Å². The molecule has 0 spiro atoms. The highest BCUT2D eigenvalue weighted by molar-refractivity contribution is 7.81. The van der Waals surface area contributed by atoms with Gasteiger partial charge in [0.25, 0.3) is 0 Å². The van der Waals surface area contributed by atoms with Crippen molar-refractivity contribution in [2.45, 2.75) is 149 Å². The van der Waals surface area contributed by atoms with Crippen LogP contribution in [0.4, 0.5) is 0 Å². The molecule has 0 amide bonds. The third kappa shape index (κ3) is 16.4. The number of carbonyl (C=O) groups is 2. The number of hydrogen-bond acceptors (Lipinski definition) is 32. The van der Waals surface area contributed by atoms with E-state index >= 15 is 0 Å². The predicted octanol–water partition coefficient (Wildman–Crippen LogP) is -9.46. The first kappa shape index (κ1) is 66.9. The molecule has 26 atom stereocenters. The van der Waals surface area contributed by atoms with Crippen molar-refractivity contribution in [3.63, 3.8) is 0 Å². The van der Waals surface area contributed by atoms with Crippen LogP contribution in [-0.2, 0) is 90.9 Å². The average Bonchev–Trinajstić information content (AvgIpc) is 3.42. The molecule has 4 saturated heterocycles. The van der Waals surface area contributed by atoms with Gasteiger partial charge in [-0.25, -0.2) is 18.0 Å². The van der Waals surface area contributed by atoms with Crippen molar-refractivity contribution in [3.05, 3.63) is 23.4 Å². The summed E-state index contributed by atoms with van der Waals surface area (Å²) in [5.41, 5.74) is 0. The Hall–Kier alpha value is -3.28. The van der Waals surface area contributed by atoms with Gasteiger partial charge in [-0.15, -0.1) is 0 Å². The summed E-state index contributed by atoms with van der Waals surface area (Å²) in [4.78, 5) is 24.5. The molecule has 0 aromatic carbocycles. The number of hydrogen-bond donors (Lipinski definition) is 17. The maximum atomic E-state index is 12.7. The summed E-state index contributed by atoms with van der Waals surface area (Å²) in [5.74, 6) is -12.1. The smallest absolute Gasteiger partial charge is 0.397 e. The van der Waals surface area contributed by atoms with Crippen LogP contribution in [0.1, 0.15) is 13.8 Å². The molecule has 38 heteroatoms. The summed E-state index contributed by atoms with van der Waals surface area (Å²) in [6, 6.07) is 0. The molecular weight excluding hydrogens is 1160 g/mol. The Kier molecular flexibility index (Phi) is 23.3. The van der Waals surface area contributed by atoms with Gasteiger partial charge >= 0.3 is 32.7 Å². The molecular formula is C43H68O36S2. The zero-order chi connectivity index (χ0) is 60.2. The highest BCUT2D eigenvalue weighted by atomic mass is 32.3. The molecule has 0 aromatic heterocycles. The molecule has 6 aliphatic rings. The first-order chi connectivity index (χ1) is 37.9. The van der Waals surface area contributed by atoms with E-state index in [1.165, 1.54) is 13.8 Å². The SMILES string of the molecule is CC1O[C@@H](COCC2[C@H](O)C(CO)OC(O)[C@@H]2CO[C@@H]2OC(C(=O)O)=C(OC[C@H]3OC(CO)[C@@H](O)C(COC[C@@H]4OC(C)[C@@H](O)C(OS(=O)(=O)O)[C@H]4O)[C@H]3CO[C@@H]3OC(C(=O)O)=CC(O)[C@@H]3O)C(O)[C@@H]2O)[C@H](O)C(OS(=O)(=O)O)[C@@H]1O. The van der Waals surface area contributed by atoms with Crippen molar-refractivity contribution >= 4 is 32.7 Å². The molecule has 0 saturated carbocycles. The minimum atomic E-state index is -5.23. The second kappa shape index (κ2) is 28.3. The Balaban J connectivity index is 1.19. The van der Waals surface area contributed by atoms with E-state index in [1.807, 2.05) is 0 Å². The van der Waals surface area contributed by atoms with Crippen molar-refractivity contribution in [3.8, 4) is 0 Å². The summed E-state index contributed by atoms with van der Waals surface area (Å²) in [5, 5.41) is 160. The molecule has 4 fully saturated rings. The Morgan fingerprint density at radius 1 is 0.506 bits per heavy atom. The van der Waals surface area contributed by atoms with Gasteiger partial charge in [-0.3, -0.25) is 9.11 Å². The molecule has 6 heterocycles. The molecule has 6 rings (SSSR count). The lowest BCUT2D eigenvalue weighted by atomic mass is 9.79. The number of carboxylic acids is 2. The molecule has 0 aromatic rings. The molecule has 6 aliphatic heterocycles. The highest BCUT2D eigenvalue weighted by Crippen LogP contribution is 2.38. The summed E-state index contributed by atoms with van der Waals surface area (Å²) >= 11 is 0. The van der Waals surface area contributed by atoms with E-state index in [1.54, 1.807) is 0 Å². The molecule has 36 nitrogen and oxygen atoms in total. The number of aliphatic hydroxyl groups excluding tert-OH is 13. The van der Waals surface area contributed by atoms with Crippen LogP contribution in [0.25, 0.3) is 0 Å². The van der Waals surface area contributed by atoms with Crippen LogP contribution in [0.15, 0.2) is 23.4 Å². The average molecular weight is 1230 g/mol. The van der Waals surface area contributed by atoms with Crippen molar-refractivity contribution in [1.29, 1.82) is 0 Å². The summed E-state index contributed by atoms with van der Waals surface area (Å²) in [6.07, 6.45) is -38.3. The van der Waals surface area contributed by atoms with Gasteiger partial charge in [-0.1, -0.05) is 0 Å². The van der Waals surface area contributed by atoms with Gasteiger partial charge in [-0.2, -0.15) is 16.8 Å². The van der Waals surface area contributed by atoms with E-state index in [0.717, 1.165) is 0 Å². The molecule has 0 radical (unpaired) electrons. The van der Waals surface area contributed by atoms with Crippen molar-refractivity contribution in [1.82, 2.24) is 0 Å². The molecule has 0 aliphatic carbocycles. The predicted molar refractivity (Wildman–Crippen MR) is 249 cm³/mol. The maximum absolute atomic E-state index is 12.7. The van der Waals surface area contributed by atoms with Gasteiger partial charge in [0.15, 0.2) is 12.0 Å². The molecule has 468 valence electrons. The van der Waals surface area contributed by atoms with Crippen LogP contribution in [0.2, 0.25) is 0 Å². The van der Waals surface area contributed by atoms with Crippen molar-refractivity contribution < 1.29 is 173 Å². The third-order valence-electron chi connectivity index (χ3n) is 14.3. The fourth-order valence-corrected chi connectivity index (χ4v) is 10.9. The minimum absolute atomic E-state index is 0.584. The summed E-state index contributed by atoms with van der Waals surface area (Å²) in [6.45, 7) is -4.19. The fourth-order valence-electron chi connectivity index (χ4n) is 9.93. The molecule has 11 unspecified atom stereocenters. The molecule has 17 N–H and O–H groups in total. The molecule has 0 bridgehead atoms. The number of aliphatic carboxylic acids is 2. The quantitative estimate of drug-likeness (QED) is 0.0378. The molecule has 81 heavy (non-hydrogen) atoms. The van der Waals surface area contributed by atoms with Gasteiger partial charge in [0, 0.05) is 23.7 Å². The summed E-state index contributed by atoms with van der Waals surface area (Å²) in [7, 11) is -10.4. The van der Waals surface area contributed by atoms with Crippen molar-refractivity contribution in [2.24, 2.45) is 23.7 Å². The maximum Gasteiger partial charge on any atom is 0.397 e. The Labute approximate surface area is 459 Å². The lowest BCUT2D eigenvalue weighted by molar-refractivity contribution is -0.287. The number of rotatable bonds is 25. The van der Waals surface area contributed by atoms with Gasteiger partial charge in [0.2, 0.25) is 24.1 Å². The van der Waals surface area contributed by atoms with E-state index in [9.17, 15) is 112 Å².